The van der Waals surface area contributed by atoms with Crippen LogP contribution in [0.5, 0.6) is 11.5 Å². The number of nitrogens with one attached hydrogen (secondary N) is 3. The van der Waals surface area contributed by atoms with E-state index in [0.717, 1.165) is 5.56 Å². The Morgan fingerprint density at radius 2 is 1.52 bits per heavy atom. The van der Waals surface area contributed by atoms with E-state index in [9.17, 15) is 24.0 Å². The quantitative estimate of drug-likeness (QED) is 0.170. The number of carbonyl (C=O) groups excluding carboxylic acids is 5. The molecule has 262 valence electrons. The summed E-state index contributed by atoms with van der Waals surface area (Å²) in [4.78, 5) is 67.9. The number of rotatable bonds is 13. The zero-order chi connectivity index (χ0) is 35.5. The summed E-state index contributed by atoms with van der Waals surface area (Å²) in [6, 6.07) is 6.21. The number of amides is 4. The highest BCUT2D eigenvalue weighted by Gasteiger charge is 2.36. The van der Waals surface area contributed by atoms with E-state index in [2.05, 4.69) is 16.0 Å². The van der Waals surface area contributed by atoms with Gasteiger partial charge in [-0.15, -0.1) is 0 Å². The van der Waals surface area contributed by atoms with Crippen molar-refractivity contribution >= 4 is 29.4 Å². The van der Waals surface area contributed by atoms with Crippen LogP contribution in [0.1, 0.15) is 51.3 Å². The van der Waals surface area contributed by atoms with Crippen LogP contribution in [0.15, 0.2) is 36.4 Å². The minimum absolute atomic E-state index is 0.104. The lowest BCUT2D eigenvalue weighted by molar-refractivity contribution is -0.143. The average Bonchev–Trinajstić information content (AvgIpc) is 3.05. The zero-order valence-electron chi connectivity index (χ0n) is 28.3. The summed E-state index contributed by atoms with van der Waals surface area (Å²) in [6.45, 7) is 7.27. The summed E-state index contributed by atoms with van der Waals surface area (Å²) in [5.74, 6) is -1.90. The number of likely N-dealkylation sites (N-methyl/N-ethyl adjacent to an activating group) is 1. The van der Waals surface area contributed by atoms with Gasteiger partial charge in [-0.3, -0.25) is 24.0 Å². The summed E-state index contributed by atoms with van der Waals surface area (Å²) in [7, 11) is 1.45. The third kappa shape index (κ3) is 9.52. The van der Waals surface area contributed by atoms with Gasteiger partial charge in [0, 0.05) is 37.2 Å². The van der Waals surface area contributed by atoms with Crippen molar-refractivity contribution in [1.29, 1.82) is 0 Å². The predicted molar refractivity (Wildman–Crippen MR) is 181 cm³/mol. The molecule has 2 aromatic rings. The normalized spacial score (nSPS) is 18.6. The first kappa shape index (κ1) is 37.9. The molecule has 0 radical (unpaired) electrons. The summed E-state index contributed by atoms with van der Waals surface area (Å²) in [5, 5.41) is 8.20. The number of carbonyl (C=O) groups is 5. The van der Waals surface area contributed by atoms with Crippen LogP contribution < -0.4 is 42.6 Å². The fourth-order valence-corrected chi connectivity index (χ4v) is 5.31. The van der Waals surface area contributed by atoms with Crippen molar-refractivity contribution < 1.29 is 33.4 Å². The van der Waals surface area contributed by atoms with Crippen LogP contribution in [0.3, 0.4) is 0 Å². The molecule has 4 amide bonds. The lowest BCUT2D eigenvalue weighted by Gasteiger charge is -2.32. The minimum atomic E-state index is -1.27. The monoisotopic (exact) mass is 667 g/mol. The molecule has 0 fully saturated rings. The van der Waals surface area contributed by atoms with Crippen LogP contribution in [0.2, 0.25) is 0 Å². The van der Waals surface area contributed by atoms with Crippen molar-refractivity contribution in [2.24, 2.45) is 23.1 Å². The highest BCUT2D eigenvalue weighted by atomic mass is 16.5. The van der Waals surface area contributed by atoms with Gasteiger partial charge < -0.3 is 47.5 Å². The molecule has 9 N–H and O–H groups in total. The van der Waals surface area contributed by atoms with Crippen molar-refractivity contribution in [2.45, 2.75) is 64.7 Å². The van der Waals surface area contributed by atoms with Gasteiger partial charge in [0.2, 0.25) is 23.6 Å². The van der Waals surface area contributed by atoms with Crippen molar-refractivity contribution in [1.82, 2.24) is 20.9 Å². The van der Waals surface area contributed by atoms with Crippen molar-refractivity contribution in [3.63, 3.8) is 0 Å². The van der Waals surface area contributed by atoms with E-state index in [1.54, 1.807) is 44.2 Å². The van der Waals surface area contributed by atoms with Gasteiger partial charge in [0.15, 0.2) is 5.78 Å². The fraction of sp³-hybridized carbons (Fsp3) is 0.500. The number of ether oxygens (including phenoxy) is 2. The Kier molecular flexibility index (Phi) is 13.9. The number of benzene rings is 2. The molecule has 0 spiro atoms. The Morgan fingerprint density at radius 3 is 2.08 bits per heavy atom. The van der Waals surface area contributed by atoms with E-state index >= 15 is 0 Å². The standard InChI is InChI=1S/C34H49N7O7/c1-19(2)31(43)39-26(10-11-35)34(46)41(5)30-23-7-9-29(48-15-13-37)25(18-23)24-16-22(6-8-28(24)47-14-12-36)17-27(21(4)42)40-32(44)20(3)38-33(30)45/h6-9,16,18-20,26-27,30H,10-15,17,35-37H2,1-5H3,(H,38,45)(H,39,43)(H,40,44)/t20-,26-,27-,30-/m0/s1. The van der Waals surface area contributed by atoms with Gasteiger partial charge in [0.25, 0.3) is 0 Å². The second-order valence-electron chi connectivity index (χ2n) is 12.1. The van der Waals surface area contributed by atoms with Crippen LogP contribution in [0, 0.1) is 5.92 Å². The first-order valence-electron chi connectivity index (χ1n) is 16.1. The third-order valence-corrected chi connectivity index (χ3v) is 7.98. The van der Waals surface area contributed by atoms with E-state index in [1.165, 1.54) is 25.8 Å². The smallest absolute Gasteiger partial charge is 0.248 e. The Balaban J connectivity index is 2.29. The number of Topliss-reactive ketones (excluding diaryl/α,β-unsaturated/α-hetero) is 1. The Hall–Kier alpha value is -4.53. The van der Waals surface area contributed by atoms with Gasteiger partial charge in [0.1, 0.15) is 42.8 Å². The van der Waals surface area contributed by atoms with Crippen LogP contribution in [0.25, 0.3) is 11.1 Å². The molecule has 1 aliphatic rings. The van der Waals surface area contributed by atoms with E-state index < -0.39 is 47.8 Å². The maximum Gasteiger partial charge on any atom is 0.248 e. The van der Waals surface area contributed by atoms with Gasteiger partial charge in [-0.2, -0.15) is 0 Å². The van der Waals surface area contributed by atoms with Gasteiger partial charge in [-0.25, -0.2) is 0 Å². The van der Waals surface area contributed by atoms with Gasteiger partial charge in [-0.05, 0) is 68.6 Å². The van der Waals surface area contributed by atoms with Gasteiger partial charge >= 0.3 is 0 Å². The second kappa shape index (κ2) is 17.6. The van der Waals surface area contributed by atoms with E-state index in [1.807, 2.05) is 6.07 Å². The van der Waals surface area contributed by atoms with E-state index in [0.29, 0.717) is 28.2 Å². The van der Waals surface area contributed by atoms with Crippen LogP contribution in [-0.4, -0.2) is 92.3 Å². The molecule has 0 saturated heterocycles. The Labute approximate surface area is 281 Å². The molecule has 3 rings (SSSR count). The van der Waals surface area contributed by atoms with Gasteiger partial charge in [0.05, 0.1) is 6.04 Å². The van der Waals surface area contributed by atoms with Crippen molar-refractivity contribution in [2.75, 3.05) is 39.9 Å². The van der Waals surface area contributed by atoms with Crippen LogP contribution >= 0.6 is 0 Å². The molecule has 1 heterocycles. The van der Waals surface area contributed by atoms with Crippen LogP contribution in [0.4, 0.5) is 0 Å². The zero-order valence-corrected chi connectivity index (χ0v) is 28.3. The molecule has 4 atom stereocenters. The van der Waals surface area contributed by atoms with E-state index in [4.69, 9.17) is 26.7 Å². The molecule has 48 heavy (non-hydrogen) atoms. The maximum atomic E-state index is 14.1. The topological polar surface area (TPSA) is 221 Å². The number of fused-ring (bicyclic) bond motifs is 5. The molecule has 0 aromatic heterocycles. The number of nitrogens with zero attached hydrogens (tertiary/aromatic N) is 1. The summed E-state index contributed by atoms with van der Waals surface area (Å²) < 4.78 is 12.0. The maximum absolute atomic E-state index is 14.1. The average molecular weight is 668 g/mol. The molecule has 2 aromatic carbocycles. The van der Waals surface area contributed by atoms with Crippen molar-refractivity contribution in [3.05, 3.63) is 47.5 Å². The van der Waals surface area contributed by atoms with Crippen LogP contribution in [-0.2, 0) is 30.4 Å². The third-order valence-electron chi connectivity index (χ3n) is 7.98. The van der Waals surface area contributed by atoms with E-state index in [-0.39, 0.29) is 57.4 Å². The molecule has 0 aliphatic carbocycles. The molecule has 1 aliphatic heterocycles. The first-order valence-corrected chi connectivity index (χ1v) is 16.1. The molecule has 0 saturated carbocycles. The molecule has 14 heteroatoms. The Bertz CT molecular complexity index is 1480. The molecule has 4 bridgehead atoms. The Morgan fingerprint density at radius 1 is 0.917 bits per heavy atom. The summed E-state index contributed by atoms with van der Waals surface area (Å²) >= 11 is 0. The van der Waals surface area contributed by atoms with Gasteiger partial charge in [-0.1, -0.05) is 26.0 Å². The number of ketones is 1. The number of hydrogen-bond acceptors (Lipinski definition) is 10. The summed E-state index contributed by atoms with van der Waals surface area (Å²) in [5.41, 5.74) is 19.5. The second-order valence-corrected chi connectivity index (χ2v) is 12.1. The number of nitrogens with two attached hydrogens (primary N) is 3. The first-order chi connectivity index (χ1) is 22.8. The highest BCUT2D eigenvalue weighted by Crippen LogP contribution is 2.40. The molecular weight excluding hydrogens is 618 g/mol. The fourth-order valence-electron chi connectivity index (χ4n) is 5.31. The molecule has 0 unspecified atom stereocenters. The lowest BCUT2D eigenvalue weighted by Crippen LogP contribution is -2.55. The highest BCUT2D eigenvalue weighted by molar-refractivity contribution is 5.96. The number of hydrogen-bond donors (Lipinski definition) is 6. The largest absolute Gasteiger partial charge is 0.492 e. The summed E-state index contributed by atoms with van der Waals surface area (Å²) in [6.07, 6.45) is 0.308. The predicted octanol–water partition coefficient (Wildman–Crippen LogP) is 0.152. The molecular formula is C34H49N7O7. The SMILES string of the molecule is CC(=O)[C@@H]1Cc2ccc(OCCN)c(c2)-c2cc(ccc2OCCN)[C@H](N(C)C(=O)[C@H](CCN)NC(=O)C(C)C)C(=O)N[C@@H](C)C(=O)N1. The lowest BCUT2D eigenvalue weighted by atomic mass is 9.93. The molecule has 14 nitrogen and oxygen atoms in total. The minimum Gasteiger partial charge on any atom is -0.492 e. The van der Waals surface area contributed by atoms with Crippen molar-refractivity contribution in [3.8, 4) is 22.6 Å².